The lowest BCUT2D eigenvalue weighted by atomic mass is 10.3. The number of hydrogen-bond donors (Lipinski definition) is 1. The van der Waals surface area contributed by atoms with Crippen molar-refractivity contribution in [2.24, 2.45) is 0 Å². The molecule has 0 aliphatic heterocycles. The van der Waals surface area contributed by atoms with E-state index in [9.17, 15) is 9.59 Å². The zero-order chi connectivity index (χ0) is 16.5. The molecular formula is C14H18N2O6. The molecule has 120 valence electrons. The maximum Gasteiger partial charge on any atom is 0.360 e. The molecule has 0 fully saturated rings. The maximum atomic E-state index is 11.1. The molecule has 8 nitrogen and oxygen atoms in total. The smallest absolute Gasteiger partial charge is 0.360 e. The van der Waals surface area contributed by atoms with Crippen LogP contribution in [0.1, 0.15) is 53.3 Å². The molecule has 0 aliphatic carbocycles. The van der Waals surface area contributed by atoms with Gasteiger partial charge in [0.15, 0.2) is 24.2 Å². The molecule has 2 aromatic heterocycles. The van der Waals surface area contributed by atoms with Crippen molar-refractivity contribution in [3.63, 3.8) is 0 Å². The number of carboxylic acid groups (broad SMARTS) is 1. The first-order valence-corrected chi connectivity index (χ1v) is 6.80. The molecule has 0 unspecified atom stereocenters. The molecular weight excluding hydrogens is 292 g/mol. The summed E-state index contributed by atoms with van der Waals surface area (Å²) in [6.07, 6.45) is 3.60. The third kappa shape index (κ3) is 4.44. The van der Waals surface area contributed by atoms with Crippen molar-refractivity contribution in [2.45, 2.75) is 33.6 Å². The molecule has 0 atom stereocenters. The summed E-state index contributed by atoms with van der Waals surface area (Å²) in [5, 5.41) is 8.46. The quantitative estimate of drug-likeness (QED) is 0.836. The van der Waals surface area contributed by atoms with Gasteiger partial charge >= 0.3 is 11.9 Å². The highest BCUT2D eigenvalue weighted by atomic mass is 16.5. The van der Waals surface area contributed by atoms with Crippen molar-refractivity contribution in [3.8, 4) is 0 Å². The van der Waals surface area contributed by atoms with Crippen LogP contribution in [0.25, 0.3) is 0 Å². The fourth-order valence-corrected chi connectivity index (χ4v) is 1.58. The summed E-state index contributed by atoms with van der Waals surface area (Å²) < 4.78 is 14.5. The topological polar surface area (TPSA) is 116 Å². The highest BCUT2D eigenvalue weighted by Gasteiger charge is 2.15. The Kier molecular flexibility index (Phi) is 6.81. The zero-order valence-electron chi connectivity index (χ0n) is 12.7. The van der Waals surface area contributed by atoms with Gasteiger partial charge < -0.3 is 18.7 Å². The largest absolute Gasteiger partial charge is 0.476 e. The van der Waals surface area contributed by atoms with Gasteiger partial charge in [0.1, 0.15) is 11.5 Å². The second-order valence-electron chi connectivity index (χ2n) is 3.98. The van der Waals surface area contributed by atoms with Crippen molar-refractivity contribution in [3.05, 3.63) is 35.7 Å². The minimum atomic E-state index is -1.04. The molecule has 2 aromatic rings. The molecule has 0 amide bonds. The third-order valence-electron chi connectivity index (χ3n) is 2.60. The Morgan fingerprint density at radius 3 is 1.95 bits per heavy atom. The highest BCUT2D eigenvalue weighted by molar-refractivity contribution is 5.88. The number of carbonyl (C=O) groups excluding carboxylic acids is 1. The van der Waals surface area contributed by atoms with E-state index in [1.807, 2.05) is 13.8 Å². The molecule has 2 rings (SSSR count). The predicted octanol–water partition coefficient (Wildman–Crippen LogP) is 2.35. The molecule has 0 bridgehead atoms. The minimum Gasteiger partial charge on any atom is -0.476 e. The first kappa shape index (κ1) is 17.4. The summed E-state index contributed by atoms with van der Waals surface area (Å²) in [6, 6.07) is 0. The summed E-state index contributed by atoms with van der Waals surface area (Å²) in [5.74, 6) is -0.449. The van der Waals surface area contributed by atoms with Gasteiger partial charge in [0.05, 0.1) is 6.61 Å². The van der Waals surface area contributed by atoms with Crippen molar-refractivity contribution >= 4 is 11.9 Å². The number of carbonyl (C=O) groups is 2. The molecule has 8 heteroatoms. The van der Waals surface area contributed by atoms with Crippen molar-refractivity contribution in [2.75, 3.05) is 6.61 Å². The van der Waals surface area contributed by atoms with E-state index < -0.39 is 11.9 Å². The Morgan fingerprint density at radius 2 is 1.55 bits per heavy atom. The number of hydrogen-bond acceptors (Lipinski definition) is 7. The normalized spacial score (nSPS) is 9.77. The highest BCUT2D eigenvalue weighted by Crippen LogP contribution is 2.08. The van der Waals surface area contributed by atoms with E-state index in [2.05, 4.69) is 9.97 Å². The Bertz CT molecular complexity index is 616. The molecule has 1 N–H and O–H groups in total. The molecule has 22 heavy (non-hydrogen) atoms. The molecule has 0 aliphatic rings. The van der Waals surface area contributed by atoms with Gasteiger partial charge in [0.25, 0.3) is 0 Å². The van der Waals surface area contributed by atoms with Gasteiger partial charge in [-0.15, -0.1) is 0 Å². The van der Waals surface area contributed by atoms with E-state index in [0.29, 0.717) is 36.7 Å². The van der Waals surface area contributed by atoms with Crippen LogP contribution in [0.3, 0.4) is 0 Å². The number of carboxylic acids is 1. The number of nitrogens with zero attached hydrogens (tertiary/aromatic N) is 2. The van der Waals surface area contributed by atoms with Crippen LogP contribution >= 0.6 is 0 Å². The van der Waals surface area contributed by atoms with Gasteiger partial charge in [-0.3, -0.25) is 0 Å². The average Bonchev–Trinajstić information content (AvgIpc) is 3.16. The number of oxazole rings is 2. The monoisotopic (exact) mass is 310 g/mol. The van der Waals surface area contributed by atoms with Gasteiger partial charge in [-0.2, -0.15) is 0 Å². The van der Waals surface area contributed by atoms with Crippen LogP contribution < -0.4 is 0 Å². The maximum absolute atomic E-state index is 11.1. The Morgan fingerprint density at radius 1 is 1.05 bits per heavy atom. The number of aromatic nitrogens is 2. The Hall–Kier alpha value is -2.64. The number of aryl methyl sites for hydroxylation is 2. The van der Waals surface area contributed by atoms with E-state index in [1.165, 1.54) is 6.39 Å². The van der Waals surface area contributed by atoms with Crippen LogP contribution in [0.15, 0.2) is 21.6 Å². The minimum absolute atomic E-state index is 0.0162. The Labute approximate surface area is 127 Å². The Balaban J connectivity index is 0.000000224. The van der Waals surface area contributed by atoms with Crippen LogP contribution in [-0.4, -0.2) is 33.6 Å². The fourth-order valence-electron chi connectivity index (χ4n) is 1.58. The number of esters is 1. The molecule has 2 heterocycles. The van der Waals surface area contributed by atoms with E-state index in [4.69, 9.17) is 18.7 Å². The van der Waals surface area contributed by atoms with Crippen molar-refractivity contribution in [1.29, 1.82) is 0 Å². The average molecular weight is 310 g/mol. The van der Waals surface area contributed by atoms with Crippen LogP contribution in [0.5, 0.6) is 0 Å². The molecule has 0 saturated carbocycles. The summed E-state index contributed by atoms with van der Waals surface area (Å²) in [6.45, 7) is 5.81. The first-order chi connectivity index (χ1) is 10.5. The standard InChI is InChI=1S/C8H11NO3.C6H7NO3/c1-3-6-7(9-5-12-6)8(10)11-4-2;1-2-4-5(6(8)9)7-3-10-4/h5H,3-4H2,1-2H3;3H,2H2,1H3,(H,8,9). The van der Waals surface area contributed by atoms with Crippen LogP contribution in [-0.2, 0) is 17.6 Å². The molecule has 0 aromatic carbocycles. The first-order valence-electron chi connectivity index (χ1n) is 6.80. The zero-order valence-corrected chi connectivity index (χ0v) is 12.7. The van der Waals surface area contributed by atoms with Gasteiger partial charge in [0, 0.05) is 12.8 Å². The van der Waals surface area contributed by atoms with Crippen LogP contribution in [0.4, 0.5) is 0 Å². The lowest BCUT2D eigenvalue weighted by Gasteiger charge is -1.97. The lowest BCUT2D eigenvalue weighted by Crippen LogP contribution is -2.07. The molecule has 0 radical (unpaired) electrons. The third-order valence-corrected chi connectivity index (χ3v) is 2.60. The number of rotatable bonds is 5. The summed E-state index contributed by atoms with van der Waals surface area (Å²) in [5.41, 5.74) is 0.307. The second kappa shape index (κ2) is 8.60. The number of aromatic carboxylic acids is 1. The van der Waals surface area contributed by atoms with Crippen LogP contribution in [0, 0.1) is 0 Å². The van der Waals surface area contributed by atoms with Gasteiger partial charge in [-0.25, -0.2) is 19.6 Å². The van der Waals surface area contributed by atoms with Gasteiger partial charge in [0.2, 0.25) is 0 Å². The van der Waals surface area contributed by atoms with E-state index >= 15 is 0 Å². The van der Waals surface area contributed by atoms with Gasteiger partial charge in [-0.1, -0.05) is 13.8 Å². The van der Waals surface area contributed by atoms with Crippen molar-refractivity contribution in [1.82, 2.24) is 9.97 Å². The lowest BCUT2D eigenvalue weighted by molar-refractivity contribution is 0.0517. The second-order valence-corrected chi connectivity index (χ2v) is 3.98. The summed E-state index contributed by atoms with van der Waals surface area (Å²) >= 11 is 0. The number of ether oxygens (including phenoxy) is 1. The van der Waals surface area contributed by atoms with E-state index in [0.717, 1.165) is 6.39 Å². The summed E-state index contributed by atoms with van der Waals surface area (Å²) in [4.78, 5) is 28.7. The molecule has 0 saturated heterocycles. The van der Waals surface area contributed by atoms with E-state index in [-0.39, 0.29) is 5.69 Å². The van der Waals surface area contributed by atoms with E-state index in [1.54, 1.807) is 6.92 Å². The molecule has 0 spiro atoms. The van der Waals surface area contributed by atoms with Crippen LogP contribution in [0.2, 0.25) is 0 Å². The van der Waals surface area contributed by atoms with Crippen molar-refractivity contribution < 1.29 is 28.3 Å². The predicted molar refractivity (Wildman–Crippen MR) is 74.7 cm³/mol. The fraction of sp³-hybridized carbons (Fsp3) is 0.429. The van der Waals surface area contributed by atoms with Gasteiger partial charge in [-0.05, 0) is 6.92 Å². The summed E-state index contributed by atoms with van der Waals surface area (Å²) in [7, 11) is 0. The SMILES string of the molecule is CCOC(=O)c1ncoc1CC.CCc1ocnc1C(=O)O.